The molecule has 0 spiro atoms. The van der Waals surface area contributed by atoms with Crippen molar-refractivity contribution in [3.05, 3.63) is 28.5 Å². The number of nitrogens with two attached hydrogens (primary N) is 1. The molecule has 1 aromatic rings. The molecule has 3 N–H and O–H groups in total. The fourth-order valence-corrected chi connectivity index (χ4v) is 3.08. The average molecular weight is 337 g/mol. The fraction of sp³-hybridized carbons (Fsp3) is 0.273. The van der Waals surface area contributed by atoms with Crippen LogP contribution in [0.1, 0.15) is 16.8 Å². The van der Waals surface area contributed by atoms with Crippen LogP contribution in [0, 0.1) is 5.82 Å². The minimum Gasteiger partial charge on any atom is -0.478 e. The number of halogens is 2. The highest BCUT2D eigenvalue weighted by Gasteiger charge is 2.40. The first-order valence-corrected chi connectivity index (χ1v) is 7.65. The lowest BCUT2D eigenvalue weighted by Crippen LogP contribution is -2.33. The lowest BCUT2D eigenvalue weighted by molar-refractivity contribution is -0.117. The molecule has 2 rings (SSSR count). The Morgan fingerprint density at radius 3 is 2.57 bits per heavy atom. The number of amides is 1. The first-order valence-electron chi connectivity index (χ1n) is 5.66. The number of carboxylic acids is 1. The highest BCUT2D eigenvalue weighted by atomic mass is 35.5. The normalized spacial score (nSPS) is 19.1. The third-order valence-corrected chi connectivity index (χ3v) is 4.68. The molecule has 1 amide bonds. The third-order valence-electron chi connectivity index (χ3n) is 3.12. The number of anilines is 1. The van der Waals surface area contributed by atoms with Crippen LogP contribution in [0.2, 0.25) is 5.02 Å². The molecule has 0 aliphatic carbocycles. The Bertz CT molecular complexity index is 736. The lowest BCUT2D eigenvalue weighted by atomic mass is 10.1. The van der Waals surface area contributed by atoms with Gasteiger partial charge in [-0.05, 0) is 12.1 Å². The lowest BCUT2D eigenvalue weighted by Gasteiger charge is -2.20. The van der Waals surface area contributed by atoms with Crippen molar-refractivity contribution in [1.29, 1.82) is 0 Å². The number of aromatic carboxylic acids is 1. The van der Waals surface area contributed by atoms with E-state index in [0.717, 1.165) is 17.0 Å². The monoisotopic (exact) mass is 336 g/mol. The zero-order valence-corrected chi connectivity index (χ0v) is 12.0. The Morgan fingerprint density at radius 2 is 2.10 bits per heavy atom. The number of hydrogen-bond donors (Lipinski definition) is 2. The minimum absolute atomic E-state index is 0.259. The van der Waals surface area contributed by atoms with Crippen LogP contribution >= 0.6 is 11.6 Å². The van der Waals surface area contributed by atoms with E-state index in [1.54, 1.807) is 0 Å². The van der Waals surface area contributed by atoms with Gasteiger partial charge in [-0.25, -0.2) is 22.7 Å². The van der Waals surface area contributed by atoms with Gasteiger partial charge in [-0.2, -0.15) is 0 Å². The minimum atomic E-state index is -4.00. The summed E-state index contributed by atoms with van der Waals surface area (Å²) in [5.41, 5.74) is -1.15. The molecule has 0 radical (unpaired) electrons. The van der Waals surface area contributed by atoms with Gasteiger partial charge in [0.05, 0.1) is 10.7 Å². The summed E-state index contributed by atoms with van der Waals surface area (Å²) in [5.74, 6) is -3.25. The van der Waals surface area contributed by atoms with E-state index in [1.807, 2.05) is 0 Å². The highest BCUT2D eigenvalue weighted by molar-refractivity contribution is 7.89. The summed E-state index contributed by atoms with van der Waals surface area (Å²) in [7, 11) is -4.00. The Morgan fingerprint density at radius 1 is 1.48 bits per heavy atom. The molecular formula is C11H10ClFN2O5S. The molecule has 0 saturated carbocycles. The SMILES string of the molecule is NS(=O)(=O)C1CC(=O)N(c2c(F)ccc(Cl)c2C(=O)O)C1. The first kappa shape index (κ1) is 15.7. The molecule has 1 saturated heterocycles. The van der Waals surface area contributed by atoms with Crippen LogP contribution in [0.25, 0.3) is 0 Å². The number of carbonyl (C=O) groups is 2. The molecule has 1 aliphatic heterocycles. The maximum Gasteiger partial charge on any atom is 0.339 e. The van der Waals surface area contributed by atoms with Gasteiger partial charge in [0, 0.05) is 13.0 Å². The second-order valence-electron chi connectivity index (χ2n) is 4.48. The van der Waals surface area contributed by atoms with Crippen molar-refractivity contribution < 1.29 is 27.5 Å². The molecule has 0 bridgehead atoms. The summed E-state index contributed by atoms with van der Waals surface area (Å²) in [5, 5.41) is 12.6. The van der Waals surface area contributed by atoms with Crippen molar-refractivity contribution in [2.24, 2.45) is 5.14 Å². The van der Waals surface area contributed by atoms with E-state index in [2.05, 4.69) is 0 Å². The topological polar surface area (TPSA) is 118 Å². The quantitative estimate of drug-likeness (QED) is 0.836. The Hall–Kier alpha value is -1.71. The number of sulfonamides is 1. The van der Waals surface area contributed by atoms with Crippen molar-refractivity contribution in [2.75, 3.05) is 11.4 Å². The maximum atomic E-state index is 13.9. The van der Waals surface area contributed by atoms with Crippen molar-refractivity contribution in [3.63, 3.8) is 0 Å². The van der Waals surface area contributed by atoms with Crippen LogP contribution in [0.4, 0.5) is 10.1 Å². The molecule has 1 aliphatic rings. The standard InChI is InChI=1S/C11H10ClFN2O5S/c12-6-1-2-7(13)10(9(6)11(17)18)15-4-5(3-8(15)16)21(14,19)20/h1-2,5H,3-4H2,(H,17,18)(H2,14,19,20). The number of primary sulfonamides is 1. The van der Waals surface area contributed by atoms with Gasteiger partial charge < -0.3 is 10.0 Å². The van der Waals surface area contributed by atoms with Gasteiger partial charge in [-0.1, -0.05) is 11.6 Å². The number of nitrogens with zero attached hydrogens (tertiary/aromatic N) is 1. The van der Waals surface area contributed by atoms with Crippen LogP contribution in [-0.2, 0) is 14.8 Å². The molecule has 114 valence electrons. The van der Waals surface area contributed by atoms with Gasteiger partial charge in [0.2, 0.25) is 15.9 Å². The van der Waals surface area contributed by atoms with E-state index < -0.39 is 57.2 Å². The van der Waals surface area contributed by atoms with Crippen molar-refractivity contribution in [2.45, 2.75) is 11.7 Å². The molecule has 10 heteroatoms. The van der Waals surface area contributed by atoms with E-state index in [1.165, 1.54) is 0 Å². The molecule has 1 heterocycles. The van der Waals surface area contributed by atoms with E-state index in [9.17, 15) is 22.4 Å². The van der Waals surface area contributed by atoms with Gasteiger partial charge >= 0.3 is 5.97 Å². The van der Waals surface area contributed by atoms with Crippen LogP contribution in [0.3, 0.4) is 0 Å². The zero-order chi connectivity index (χ0) is 15.9. The van der Waals surface area contributed by atoms with Crippen LogP contribution < -0.4 is 10.0 Å². The second-order valence-corrected chi connectivity index (χ2v) is 6.73. The van der Waals surface area contributed by atoms with Crippen LogP contribution in [0.5, 0.6) is 0 Å². The number of carboxylic acid groups (broad SMARTS) is 1. The summed E-state index contributed by atoms with van der Waals surface area (Å²) in [6.07, 6.45) is -0.441. The predicted octanol–water partition coefficient (Wildman–Crippen LogP) is 0.571. The van der Waals surface area contributed by atoms with Crippen LogP contribution in [0.15, 0.2) is 12.1 Å². The smallest absolute Gasteiger partial charge is 0.339 e. The van der Waals surface area contributed by atoms with Gasteiger partial charge in [0.15, 0.2) is 0 Å². The average Bonchev–Trinajstić information content (AvgIpc) is 2.73. The van der Waals surface area contributed by atoms with E-state index in [-0.39, 0.29) is 5.02 Å². The first-order chi connectivity index (χ1) is 9.62. The largest absolute Gasteiger partial charge is 0.478 e. The van der Waals surface area contributed by atoms with Crippen LogP contribution in [-0.4, -0.2) is 37.2 Å². The molecular weight excluding hydrogens is 327 g/mol. The zero-order valence-electron chi connectivity index (χ0n) is 10.4. The van der Waals surface area contributed by atoms with E-state index in [4.69, 9.17) is 21.8 Å². The van der Waals surface area contributed by atoms with Gasteiger partial charge in [0.25, 0.3) is 0 Å². The van der Waals surface area contributed by atoms with Gasteiger partial charge in [-0.3, -0.25) is 4.79 Å². The van der Waals surface area contributed by atoms with Gasteiger partial charge in [-0.15, -0.1) is 0 Å². The number of benzene rings is 1. The molecule has 7 nitrogen and oxygen atoms in total. The third kappa shape index (κ3) is 2.85. The van der Waals surface area contributed by atoms with Gasteiger partial charge in [0.1, 0.15) is 16.6 Å². The summed E-state index contributed by atoms with van der Waals surface area (Å²) in [6, 6.07) is 1.95. The summed E-state index contributed by atoms with van der Waals surface area (Å²) < 4.78 is 36.5. The number of rotatable bonds is 3. The molecule has 1 atom stereocenters. The van der Waals surface area contributed by atoms with E-state index >= 15 is 0 Å². The van der Waals surface area contributed by atoms with Crippen molar-refractivity contribution >= 4 is 39.2 Å². The molecule has 1 fully saturated rings. The number of hydrogen-bond acceptors (Lipinski definition) is 4. The van der Waals surface area contributed by atoms with E-state index in [0.29, 0.717) is 0 Å². The number of carbonyl (C=O) groups excluding carboxylic acids is 1. The summed E-state index contributed by atoms with van der Waals surface area (Å²) >= 11 is 5.72. The Labute approximate surface area is 124 Å². The highest BCUT2D eigenvalue weighted by Crippen LogP contribution is 2.34. The van der Waals surface area contributed by atoms with Crippen molar-refractivity contribution in [1.82, 2.24) is 0 Å². The Balaban J connectivity index is 2.55. The summed E-state index contributed by atoms with van der Waals surface area (Å²) in [4.78, 5) is 23.8. The second kappa shape index (κ2) is 5.24. The predicted molar refractivity (Wildman–Crippen MR) is 72.2 cm³/mol. The summed E-state index contributed by atoms with van der Waals surface area (Å²) in [6.45, 7) is -0.421. The van der Waals surface area contributed by atoms with Crippen molar-refractivity contribution in [3.8, 4) is 0 Å². The fourth-order valence-electron chi connectivity index (χ4n) is 2.12. The molecule has 21 heavy (non-hydrogen) atoms. The Kier molecular flexibility index (Phi) is 3.91. The molecule has 0 aromatic heterocycles. The maximum absolute atomic E-state index is 13.9. The molecule has 1 unspecified atom stereocenters. The molecule has 1 aromatic carbocycles.